The van der Waals surface area contributed by atoms with Crippen LogP contribution in [0, 0.1) is 0 Å². The molecule has 0 amide bonds. The van der Waals surface area contributed by atoms with E-state index in [0.29, 0.717) is 0 Å². The minimum atomic E-state index is -0.760. The molecule has 1 rings (SSSR count). The molecule has 4 heteroatoms. The van der Waals surface area contributed by atoms with E-state index in [0.717, 1.165) is 5.56 Å². The third-order valence-corrected chi connectivity index (χ3v) is 2.12. The summed E-state index contributed by atoms with van der Waals surface area (Å²) in [5, 5.41) is 0. The van der Waals surface area contributed by atoms with E-state index >= 15 is 0 Å². The van der Waals surface area contributed by atoms with E-state index in [1.54, 1.807) is 19.1 Å². The Kier molecular flexibility index (Phi) is 5.39. The molecule has 2 atom stereocenters. The van der Waals surface area contributed by atoms with Crippen molar-refractivity contribution < 1.29 is 9.53 Å². The molecule has 0 aromatic heterocycles. The minimum absolute atomic E-state index is 0.122. The van der Waals surface area contributed by atoms with E-state index in [-0.39, 0.29) is 12.6 Å². The third kappa shape index (κ3) is 5.29. The van der Waals surface area contributed by atoms with E-state index in [1.165, 1.54) is 0 Å². The largest absolute Gasteiger partial charge is 0.459 e. The van der Waals surface area contributed by atoms with E-state index in [4.69, 9.17) is 16.2 Å². The smallest absolute Gasteiger partial charge is 0.327 e. The number of hydrogen-bond donors (Lipinski definition) is 2. The molecule has 92 valence electrons. The lowest BCUT2D eigenvalue weighted by molar-refractivity contribution is -0.145. The Morgan fingerprint density at radius 3 is 2.53 bits per heavy atom. The molecule has 4 nitrogen and oxygen atoms in total. The van der Waals surface area contributed by atoms with Gasteiger partial charge in [0.15, 0.2) is 0 Å². The van der Waals surface area contributed by atoms with Gasteiger partial charge in [-0.2, -0.15) is 0 Å². The molecule has 1 aromatic rings. The summed E-state index contributed by atoms with van der Waals surface area (Å²) in [4.78, 5) is 11.5. The number of carbonyl (C=O) groups excluding carboxylic acids is 1. The molecule has 0 aliphatic rings. The molecular weight excluding hydrogens is 216 g/mol. The van der Waals surface area contributed by atoms with Crippen molar-refractivity contribution in [2.75, 3.05) is 0 Å². The zero-order valence-corrected chi connectivity index (χ0v) is 9.87. The molecule has 0 saturated heterocycles. The summed E-state index contributed by atoms with van der Waals surface area (Å²) in [5.41, 5.74) is 12.1. The zero-order chi connectivity index (χ0) is 12.7. The lowest BCUT2D eigenvalue weighted by atomic mass is 10.2. The summed E-state index contributed by atoms with van der Waals surface area (Å²) < 4.78 is 5.07. The van der Waals surface area contributed by atoms with Gasteiger partial charge in [-0.1, -0.05) is 42.5 Å². The molecule has 0 aliphatic carbocycles. The Morgan fingerprint density at radius 2 is 1.94 bits per heavy atom. The predicted molar refractivity (Wildman–Crippen MR) is 67.0 cm³/mol. The number of nitrogens with two attached hydrogens (primary N) is 2. The van der Waals surface area contributed by atoms with Crippen LogP contribution < -0.4 is 11.5 Å². The SMILES string of the molecule is CC(N)/C=C\C(N)C(=O)OCc1ccccc1. The number of esters is 1. The van der Waals surface area contributed by atoms with Crippen LogP contribution >= 0.6 is 0 Å². The Hall–Kier alpha value is -1.65. The summed E-state index contributed by atoms with van der Waals surface area (Å²) in [6.07, 6.45) is 3.23. The zero-order valence-electron chi connectivity index (χ0n) is 9.87. The summed E-state index contributed by atoms with van der Waals surface area (Å²) in [7, 11) is 0. The minimum Gasteiger partial charge on any atom is -0.459 e. The third-order valence-electron chi connectivity index (χ3n) is 2.12. The van der Waals surface area contributed by atoms with Crippen molar-refractivity contribution in [3.63, 3.8) is 0 Å². The normalized spacial score (nSPS) is 14.5. The van der Waals surface area contributed by atoms with Crippen LogP contribution in [-0.2, 0) is 16.1 Å². The van der Waals surface area contributed by atoms with E-state index in [1.807, 2.05) is 30.3 Å². The maximum absolute atomic E-state index is 11.5. The summed E-state index contributed by atoms with van der Waals surface area (Å²) in [5.74, 6) is -0.453. The van der Waals surface area contributed by atoms with Crippen molar-refractivity contribution in [1.82, 2.24) is 0 Å². The average Bonchev–Trinajstić information content (AvgIpc) is 2.34. The fourth-order valence-corrected chi connectivity index (χ4v) is 1.20. The second-order valence-electron chi connectivity index (χ2n) is 3.86. The molecule has 0 spiro atoms. The van der Waals surface area contributed by atoms with Crippen molar-refractivity contribution in [3.8, 4) is 0 Å². The molecule has 0 aliphatic heterocycles. The first kappa shape index (κ1) is 13.4. The van der Waals surface area contributed by atoms with Gasteiger partial charge in [-0.25, -0.2) is 0 Å². The first-order valence-electron chi connectivity index (χ1n) is 5.49. The molecule has 4 N–H and O–H groups in total. The van der Waals surface area contributed by atoms with Crippen LogP contribution in [0.15, 0.2) is 42.5 Å². The fraction of sp³-hybridized carbons (Fsp3) is 0.308. The number of rotatable bonds is 5. The molecule has 0 radical (unpaired) electrons. The van der Waals surface area contributed by atoms with Gasteiger partial charge in [0.25, 0.3) is 0 Å². The predicted octanol–water partition coefficient (Wildman–Crippen LogP) is 0.961. The molecule has 0 heterocycles. The summed E-state index contributed by atoms with van der Waals surface area (Å²) >= 11 is 0. The van der Waals surface area contributed by atoms with Crippen LogP contribution in [0.4, 0.5) is 0 Å². The Balaban J connectivity index is 2.39. The van der Waals surface area contributed by atoms with Crippen molar-refractivity contribution in [2.24, 2.45) is 11.5 Å². The van der Waals surface area contributed by atoms with Gasteiger partial charge in [0.05, 0.1) is 0 Å². The molecule has 0 fully saturated rings. The lowest BCUT2D eigenvalue weighted by Crippen LogP contribution is -2.30. The first-order chi connectivity index (χ1) is 8.09. The molecule has 2 unspecified atom stereocenters. The first-order valence-corrected chi connectivity index (χ1v) is 5.49. The van der Waals surface area contributed by atoms with Gasteiger partial charge < -0.3 is 16.2 Å². The van der Waals surface area contributed by atoms with Gasteiger partial charge in [0.2, 0.25) is 0 Å². The van der Waals surface area contributed by atoms with Crippen molar-refractivity contribution >= 4 is 5.97 Å². The highest BCUT2D eigenvalue weighted by molar-refractivity contribution is 5.77. The van der Waals surface area contributed by atoms with Gasteiger partial charge >= 0.3 is 5.97 Å². The number of hydrogen-bond acceptors (Lipinski definition) is 4. The van der Waals surface area contributed by atoms with E-state index < -0.39 is 12.0 Å². The highest BCUT2D eigenvalue weighted by Crippen LogP contribution is 2.01. The van der Waals surface area contributed by atoms with Crippen molar-refractivity contribution in [2.45, 2.75) is 25.6 Å². The highest BCUT2D eigenvalue weighted by atomic mass is 16.5. The van der Waals surface area contributed by atoms with Crippen LogP contribution in [0.1, 0.15) is 12.5 Å². The quantitative estimate of drug-likeness (QED) is 0.587. The van der Waals surface area contributed by atoms with Crippen LogP contribution in [0.25, 0.3) is 0 Å². The van der Waals surface area contributed by atoms with Gasteiger partial charge in [-0.15, -0.1) is 0 Å². The molecule has 17 heavy (non-hydrogen) atoms. The van der Waals surface area contributed by atoms with Gasteiger partial charge in [0.1, 0.15) is 12.6 Å². The average molecular weight is 234 g/mol. The Labute approximate surface area is 101 Å². The second kappa shape index (κ2) is 6.83. The fourth-order valence-electron chi connectivity index (χ4n) is 1.20. The van der Waals surface area contributed by atoms with Crippen LogP contribution in [0.5, 0.6) is 0 Å². The summed E-state index contributed by atoms with van der Waals surface area (Å²) in [6.45, 7) is 2.04. The molecule has 1 aromatic carbocycles. The molecular formula is C13H18N2O2. The van der Waals surface area contributed by atoms with Crippen LogP contribution in [-0.4, -0.2) is 18.1 Å². The van der Waals surface area contributed by atoms with Gasteiger partial charge in [-0.3, -0.25) is 4.79 Å². The van der Waals surface area contributed by atoms with Gasteiger partial charge in [0, 0.05) is 6.04 Å². The van der Waals surface area contributed by atoms with Gasteiger partial charge in [-0.05, 0) is 12.5 Å². The van der Waals surface area contributed by atoms with Crippen molar-refractivity contribution in [1.29, 1.82) is 0 Å². The van der Waals surface area contributed by atoms with Crippen LogP contribution in [0.3, 0.4) is 0 Å². The summed E-state index contributed by atoms with van der Waals surface area (Å²) in [6, 6.07) is 8.57. The topological polar surface area (TPSA) is 78.3 Å². The monoisotopic (exact) mass is 234 g/mol. The Bertz CT molecular complexity index is 374. The maximum Gasteiger partial charge on any atom is 0.327 e. The number of benzene rings is 1. The molecule has 0 bridgehead atoms. The van der Waals surface area contributed by atoms with Crippen molar-refractivity contribution in [3.05, 3.63) is 48.0 Å². The van der Waals surface area contributed by atoms with E-state index in [2.05, 4.69) is 0 Å². The van der Waals surface area contributed by atoms with E-state index in [9.17, 15) is 4.79 Å². The Morgan fingerprint density at radius 1 is 1.29 bits per heavy atom. The molecule has 0 saturated carbocycles. The second-order valence-corrected chi connectivity index (χ2v) is 3.86. The van der Waals surface area contributed by atoms with Crippen LogP contribution in [0.2, 0.25) is 0 Å². The lowest BCUT2D eigenvalue weighted by Gasteiger charge is -2.08. The number of ether oxygens (including phenoxy) is 1. The number of carbonyl (C=O) groups is 1. The maximum atomic E-state index is 11.5. The highest BCUT2D eigenvalue weighted by Gasteiger charge is 2.11. The standard InChI is InChI=1S/C13H18N2O2/c1-10(14)7-8-12(15)13(16)17-9-11-5-3-2-4-6-11/h2-8,10,12H,9,14-15H2,1H3/b8-7-.